The lowest BCUT2D eigenvalue weighted by atomic mass is 9.97. The van der Waals surface area contributed by atoms with Gasteiger partial charge in [0.25, 0.3) is 5.91 Å². The first-order valence-corrected chi connectivity index (χ1v) is 7.97. The van der Waals surface area contributed by atoms with Crippen molar-refractivity contribution in [2.75, 3.05) is 26.2 Å². The van der Waals surface area contributed by atoms with Gasteiger partial charge in [0.1, 0.15) is 11.3 Å². The van der Waals surface area contributed by atoms with Gasteiger partial charge in [-0.3, -0.25) is 9.59 Å². The molecule has 0 radical (unpaired) electrons. The number of benzene rings is 1. The summed E-state index contributed by atoms with van der Waals surface area (Å²) in [5.74, 6) is -0.351. The molecule has 25 heavy (non-hydrogen) atoms. The Labute approximate surface area is 144 Å². The Morgan fingerprint density at radius 2 is 1.80 bits per heavy atom. The van der Waals surface area contributed by atoms with E-state index in [-0.39, 0.29) is 24.2 Å². The number of rotatable bonds is 4. The van der Waals surface area contributed by atoms with Crippen LogP contribution in [-0.4, -0.2) is 53.4 Å². The van der Waals surface area contributed by atoms with Gasteiger partial charge in [0.2, 0.25) is 5.91 Å². The molecule has 1 fully saturated rings. The van der Waals surface area contributed by atoms with Crippen LogP contribution in [0.1, 0.15) is 26.3 Å². The second-order valence-corrected chi connectivity index (χ2v) is 6.30. The summed E-state index contributed by atoms with van der Waals surface area (Å²) in [4.78, 5) is 27.9. The predicted octanol–water partition coefficient (Wildman–Crippen LogP) is 2.55. The van der Waals surface area contributed by atoms with Gasteiger partial charge < -0.3 is 14.5 Å². The summed E-state index contributed by atoms with van der Waals surface area (Å²) in [6, 6.07) is 4.13. The van der Waals surface area contributed by atoms with Crippen LogP contribution in [0.3, 0.4) is 0 Å². The Morgan fingerprint density at radius 3 is 2.32 bits per heavy atom. The monoisotopic (exact) mass is 358 g/mol. The molecule has 0 aromatic heterocycles. The second-order valence-electron chi connectivity index (χ2n) is 6.30. The first-order valence-electron chi connectivity index (χ1n) is 7.97. The van der Waals surface area contributed by atoms with Gasteiger partial charge in [0, 0.05) is 19.6 Å². The minimum Gasteiger partial charge on any atom is -0.484 e. The van der Waals surface area contributed by atoms with Gasteiger partial charge in [0.15, 0.2) is 6.61 Å². The molecule has 0 bridgehead atoms. The smallest absolute Gasteiger partial charge is 0.416 e. The normalized spacial score (nSPS) is 17.6. The van der Waals surface area contributed by atoms with Gasteiger partial charge >= 0.3 is 6.18 Å². The first kappa shape index (κ1) is 19.1. The Bertz CT molecular complexity index is 642. The van der Waals surface area contributed by atoms with Crippen molar-refractivity contribution < 1.29 is 27.5 Å². The van der Waals surface area contributed by atoms with Gasteiger partial charge in [-0.2, -0.15) is 13.2 Å². The number of halogens is 3. The van der Waals surface area contributed by atoms with Gasteiger partial charge in [-0.05, 0) is 45.0 Å². The van der Waals surface area contributed by atoms with Crippen LogP contribution in [0, 0.1) is 0 Å². The maximum absolute atomic E-state index is 12.5. The molecule has 1 aliphatic rings. The number of likely N-dealkylation sites (N-methyl/N-ethyl adjacent to an activating group) is 1. The maximum atomic E-state index is 12.5. The molecule has 2 rings (SSSR count). The zero-order valence-electron chi connectivity index (χ0n) is 14.4. The van der Waals surface area contributed by atoms with Crippen molar-refractivity contribution in [3.8, 4) is 5.75 Å². The third-order valence-electron chi connectivity index (χ3n) is 4.31. The van der Waals surface area contributed by atoms with Crippen LogP contribution in [0.5, 0.6) is 5.75 Å². The van der Waals surface area contributed by atoms with E-state index in [9.17, 15) is 22.8 Å². The number of amides is 2. The highest BCUT2D eigenvalue weighted by Crippen LogP contribution is 2.30. The van der Waals surface area contributed by atoms with E-state index in [1.165, 1.54) is 17.0 Å². The quantitative estimate of drug-likeness (QED) is 0.831. The fourth-order valence-corrected chi connectivity index (χ4v) is 2.81. The summed E-state index contributed by atoms with van der Waals surface area (Å²) in [6.45, 7) is 6.30. The lowest BCUT2D eigenvalue weighted by molar-refractivity contribution is -0.159. The van der Waals surface area contributed by atoms with E-state index in [0.717, 1.165) is 12.1 Å². The molecule has 0 saturated carbocycles. The number of hydrogen-bond acceptors (Lipinski definition) is 3. The zero-order chi connectivity index (χ0) is 18.8. The topological polar surface area (TPSA) is 49.9 Å². The van der Waals surface area contributed by atoms with Crippen molar-refractivity contribution in [3.05, 3.63) is 29.8 Å². The Balaban J connectivity index is 1.99. The van der Waals surface area contributed by atoms with Crippen LogP contribution in [0.2, 0.25) is 0 Å². The molecule has 1 heterocycles. The highest BCUT2D eigenvalue weighted by atomic mass is 19.4. The van der Waals surface area contributed by atoms with Crippen LogP contribution in [0.4, 0.5) is 13.2 Å². The Hall–Kier alpha value is -2.25. The predicted molar refractivity (Wildman–Crippen MR) is 85.0 cm³/mol. The lowest BCUT2D eigenvalue weighted by Gasteiger charge is -2.45. The maximum Gasteiger partial charge on any atom is 0.416 e. The van der Waals surface area contributed by atoms with Gasteiger partial charge in [0.05, 0.1) is 5.56 Å². The molecular weight excluding hydrogens is 337 g/mol. The number of ether oxygens (including phenoxy) is 1. The summed E-state index contributed by atoms with van der Waals surface area (Å²) < 4.78 is 42.9. The van der Waals surface area contributed by atoms with E-state index in [2.05, 4.69) is 0 Å². The van der Waals surface area contributed by atoms with Crippen LogP contribution in [0.25, 0.3) is 0 Å². The first-order chi connectivity index (χ1) is 11.6. The van der Waals surface area contributed by atoms with Crippen molar-refractivity contribution in [2.24, 2.45) is 0 Å². The van der Waals surface area contributed by atoms with Crippen LogP contribution >= 0.6 is 0 Å². The highest BCUT2D eigenvalue weighted by Gasteiger charge is 2.43. The SMILES string of the molecule is CCN1CCN(C(=O)COc2ccc(C(F)(F)F)cc2)C(C)(C)C1=O. The average molecular weight is 358 g/mol. The van der Waals surface area contributed by atoms with E-state index in [0.29, 0.717) is 19.6 Å². The fourth-order valence-electron chi connectivity index (χ4n) is 2.81. The molecule has 0 N–H and O–H groups in total. The van der Waals surface area contributed by atoms with Crippen molar-refractivity contribution >= 4 is 11.8 Å². The number of carbonyl (C=O) groups is 2. The molecule has 0 aliphatic carbocycles. The molecule has 1 aromatic rings. The van der Waals surface area contributed by atoms with E-state index in [4.69, 9.17) is 4.74 Å². The Kier molecular flexibility index (Phi) is 5.29. The van der Waals surface area contributed by atoms with Crippen molar-refractivity contribution in [3.63, 3.8) is 0 Å². The summed E-state index contributed by atoms with van der Waals surface area (Å²) in [5.41, 5.74) is -1.76. The minimum absolute atomic E-state index is 0.135. The van der Waals surface area contributed by atoms with Gasteiger partial charge in [-0.1, -0.05) is 0 Å². The van der Waals surface area contributed by atoms with Gasteiger partial charge in [-0.15, -0.1) is 0 Å². The molecule has 0 spiro atoms. The molecule has 138 valence electrons. The van der Waals surface area contributed by atoms with E-state index < -0.39 is 17.3 Å². The number of carbonyl (C=O) groups excluding carboxylic acids is 2. The third-order valence-corrected chi connectivity index (χ3v) is 4.31. The largest absolute Gasteiger partial charge is 0.484 e. The molecule has 8 heteroatoms. The van der Waals surface area contributed by atoms with Gasteiger partial charge in [-0.25, -0.2) is 0 Å². The number of alkyl halides is 3. The summed E-state index contributed by atoms with van der Waals surface area (Å²) >= 11 is 0. The standard InChI is InChI=1S/C17H21F3N2O3/c1-4-21-9-10-22(16(2,3)15(21)24)14(23)11-25-13-7-5-12(6-8-13)17(18,19)20/h5-8H,4,9-11H2,1-3H3. The third kappa shape index (κ3) is 4.05. The van der Waals surface area contributed by atoms with Crippen molar-refractivity contribution in [1.82, 2.24) is 9.80 Å². The molecule has 5 nitrogen and oxygen atoms in total. The van der Waals surface area contributed by atoms with E-state index >= 15 is 0 Å². The molecule has 1 aliphatic heterocycles. The van der Waals surface area contributed by atoms with Crippen molar-refractivity contribution in [1.29, 1.82) is 0 Å². The molecule has 0 unspecified atom stereocenters. The van der Waals surface area contributed by atoms with E-state index in [1.54, 1.807) is 18.7 Å². The Morgan fingerprint density at radius 1 is 1.20 bits per heavy atom. The average Bonchev–Trinajstić information content (AvgIpc) is 2.54. The number of piperazine rings is 1. The van der Waals surface area contributed by atoms with E-state index in [1.807, 2.05) is 6.92 Å². The summed E-state index contributed by atoms with van der Waals surface area (Å²) in [6.07, 6.45) is -4.42. The number of nitrogens with zero attached hydrogens (tertiary/aromatic N) is 2. The van der Waals surface area contributed by atoms with Crippen LogP contribution < -0.4 is 4.74 Å². The molecule has 1 aromatic carbocycles. The molecule has 0 atom stereocenters. The second kappa shape index (κ2) is 6.93. The van der Waals surface area contributed by atoms with Crippen molar-refractivity contribution in [2.45, 2.75) is 32.5 Å². The molecule has 1 saturated heterocycles. The lowest BCUT2D eigenvalue weighted by Crippen LogP contribution is -2.65. The highest BCUT2D eigenvalue weighted by molar-refractivity contribution is 5.92. The number of hydrogen-bond donors (Lipinski definition) is 0. The minimum atomic E-state index is -4.42. The summed E-state index contributed by atoms with van der Waals surface area (Å²) in [7, 11) is 0. The molecular formula is C17H21F3N2O3. The molecule has 2 amide bonds. The fraction of sp³-hybridized carbons (Fsp3) is 0.529. The van der Waals surface area contributed by atoms with Crippen LogP contribution in [-0.2, 0) is 15.8 Å². The zero-order valence-corrected chi connectivity index (χ0v) is 14.4. The van der Waals surface area contributed by atoms with Crippen LogP contribution in [0.15, 0.2) is 24.3 Å². The summed E-state index contributed by atoms with van der Waals surface area (Å²) in [5, 5.41) is 0.